The number of carbonyl (C=O) groups is 3. The first-order chi connectivity index (χ1) is 8.33. The topological polar surface area (TPSA) is 89.3 Å². The summed E-state index contributed by atoms with van der Waals surface area (Å²) in [5.74, 6) is -2.20. The molecule has 5 nitrogen and oxygen atoms in total. The summed E-state index contributed by atoms with van der Waals surface area (Å²) >= 11 is 0. The molecule has 96 valence electrons. The average molecular weight is 248 g/mol. The lowest BCUT2D eigenvalue weighted by Gasteiger charge is -2.23. The van der Waals surface area contributed by atoms with E-state index >= 15 is 0 Å². The van der Waals surface area contributed by atoms with Gasteiger partial charge in [-0.3, -0.25) is 14.4 Å². The molecule has 0 spiro atoms. The van der Waals surface area contributed by atoms with Crippen molar-refractivity contribution in [2.45, 2.75) is 25.8 Å². The first-order valence-corrected chi connectivity index (χ1v) is 5.52. The molecule has 0 heterocycles. The minimum Gasteiger partial charge on any atom is -0.363 e. The van der Waals surface area contributed by atoms with E-state index in [1.807, 2.05) is 30.3 Å². The van der Waals surface area contributed by atoms with Crippen LogP contribution < -0.4 is 11.1 Å². The fourth-order valence-electron chi connectivity index (χ4n) is 1.54. The first kappa shape index (κ1) is 13.9. The van der Waals surface area contributed by atoms with Crippen LogP contribution in [-0.2, 0) is 20.8 Å². The van der Waals surface area contributed by atoms with Gasteiger partial charge in [0.1, 0.15) is 5.54 Å². The zero-order valence-electron chi connectivity index (χ0n) is 10.4. The highest BCUT2D eigenvalue weighted by Crippen LogP contribution is 2.06. The molecule has 0 aliphatic carbocycles. The maximum Gasteiger partial charge on any atom is 0.287 e. The lowest BCUT2D eigenvalue weighted by molar-refractivity contribution is -0.140. The van der Waals surface area contributed by atoms with Gasteiger partial charge >= 0.3 is 0 Å². The van der Waals surface area contributed by atoms with E-state index in [4.69, 9.17) is 5.73 Å². The first-order valence-electron chi connectivity index (χ1n) is 5.52. The molecule has 0 aromatic heterocycles. The van der Waals surface area contributed by atoms with E-state index in [1.165, 1.54) is 13.8 Å². The molecule has 0 aliphatic heterocycles. The number of benzene rings is 1. The lowest BCUT2D eigenvalue weighted by Crippen LogP contribution is -2.54. The maximum absolute atomic E-state index is 11.7. The van der Waals surface area contributed by atoms with Crippen LogP contribution in [0.15, 0.2) is 30.3 Å². The fraction of sp³-hybridized carbons (Fsp3) is 0.308. The van der Waals surface area contributed by atoms with E-state index < -0.39 is 17.2 Å². The highest BCUT2D eigenvalue weighted by molar-refractivity contribution is 6.39. The molecule has 0 aliphatic rings. The van der Waals surface area contributed by atoms with Crippen molar-refractivity contribution < 1.29 is 14.4 Å². The summed E-state index contributed by atoms with van der Waals surface area (Å²) in [5.41, 5.74) is 4.46. The number of rotatable bonds is 5. The molecule has 0 saturated carbocycles. The van der Waals surface area contributed by atoms with Crippen LogP contribution in [0.25, 0.3) is 0 Å². The molecular weight excluding hydrogens is 232 g/mol. The second-order valence-electron chi connectivity index (χ2n) is 4.53. The standard InChI is InChI=1S/C13H16N2O3/c1-13(2,11(17)12(14)18)15-10(16)8-9-6-4-3-5-7-9/h3-7H,8H2,1-2H3,(H2,14,18)(H,15,16). The van der Waals surface area contributed by atoms with Crippen LogP contribution >= 0.6 is 0 Å². The molecule has 0 atom stereocenters. The average Bonchev–Trinajstić information content (AvgIpc) is 2.28. The van der Waals surface area contributed by atoms with Crippen molar-refractivity contribution in [3.8, 4) is 0 Å². The van der Waals surface area contributed by atoms with Crippen LogP contribution in [0.2, 0.25) is 0 Å². The van der Waals surface area contributed by atoms with Crippen molar-refractivity contribution in [1.29, 1.82) is 0 Å². The smallest absolute Gasteiger partial charge is 0.287 e. The minimum atomic E-state index is -1.28. The van der Waals surface area contributed by atoms with Gasteiger partial charge in [-0.1, -0.05) is 30.3 Å². The van der Waals surface area contributed by atoms with Gasteiger partial charge in [-0.15, -0.1) is 0 Å². The number of nitrogens with one attached hydrogen (secondary N) is 1. The molecule has 3 N–H and O–H groups in total. The summed E-state index contributed by atoms with van der Waals surface area (Å²) in [4.78, 5) is 34.0. The second-order valence-corrected chi connectivity index (χ2v) is 4.53. The predicted octanol–water partition coefficient (Wildman–Crippen LogP) is 0.178. The Morgan fingerprint density at radius 3 is 2.22 bits per heavy atom. The van der Waals surface area contributed by atoms with Crippen LogP contribution in [0, 0.1) is 0 Å². The lowest BCUT2D eigenvalue weighted by atomic mass is 9.98. The summed E-state index contributed by atoms with van der Waals surface area (Å²) < 4.78 is 0. The number of nitrogens with two attached hydrogens (primary N) is 1. The van der Waals surface area contributed by atoms with Crippen LogP contribution in [0.4, 0.5) is 0 Å². The minimum absolute atomic E-state index is 0.149. The van der Waals surface area contributed by atoms with E-state index in [2.05, 4.69) is 5.32 Å². The molecule has 5 heteroatoms. The Kier molecular flexibility index (Phi) is 4.20. The maximum atomic E-state index is 11.7. The van der Waals surface area contributed by atoms with Crippen molar-refractivity contribution in [3.63, 3.8) is 0 Å². The number of carbonyl (C=O) groups excluding carboxylic acids is 3. The largest absolute Gasteiger partial charge is 0.363 e. The summed E-state index contributed by atoms with van der Waals surface area (Å²) in [5, 5.41) is 2.50. The van der Waals surface area contributed by atoms with E-state index in [-0.39, 0.29) is 12.3 Å². The quantitative estimate of drug-likeness (QED) is 0.728. The molecule has 0 radical (unpaired) electrons. The summed E-state index contributed by atoms with van der Waals surface area (Å²) in [6, 6.07) is 9.11. The van der Waals surface area contributed by atoms with Crippen molar-refractivity contribution in [2.75, 3.05) is 0 Å². The van der Waals surface area contributed by atoms with E-state index in [1.54, 1.807) is 0 Å². The highest BCUT2D eigenvalue weighted by atomic mass is 16.2. The molecule has 0 saturated heterocycles. The molecule has 1 aromatic carbocycles. The normalized spacial score (nSPS) is 10.8. The summed E-state index contributed by atoms with van der Waals surface area (Å²) in [7, 11) is 0. The van der Waals surface area contributed by atoms with Gasteiger partial charge in [-0.05, 0) is 19.4 Å². The number of amides is 2. The zero-order chi connectivity index (χ0) is 13.8. The number of Topliss-reactive ketones (excluding diaryl/α,β-unsaturated/α-hetero) is 1. The molecule has 18 heavy (non-hydrogen) atoms. The predicted molar refractivity (Wildman–Crippen MR) is 66.6 cm³/mol. The molecule has 2 amide bonds. The number of hydrogen-bond donors (Lipinski definition) is 2. The molecule has 0 unspecified atom stereocenters. The summed E-state index contributed by atoms with van der Waals surface area (Å²) in [6.07, 6.45) is 0.149. The van der Waals surface area contributed by atoms with Gasteiger partial charge in [0, 0.05) is 0 Å². The van der Waals surface area contributed by atoms with Crippen LogP contribution in [0.3, 0.4) is 0 Å². The number of ketones is 1. The van der Waals surface area contributed by atoms with Gasteiger partial charge in [0.15, 0.2) is 0 Å². The Balaban J connectivity index is 2.65. The van der Waals surface area contributed by atoms with Gasteiger partial charge in [-0.2, -0.15) is 0 Å². The monoisotopic (exact) mass is 248 g/mol. The Labute approximate surface area is 105 Å². The summed E-state index contributed by atoms with van der Waals surface area (Å²) in [6.45, 7) is 2.89. The molecule has 0 bridgehead atoms. The van der Waals surface area contributed by atoms with Crippen molar-refractivity contribution in [2.24, 2.45) is 5.73 Å². The molecule has 1 aromatic rings. The zero-order valence-corrected chi connectivity index (χ0v) is 10.4. The third-order valence-corrected chi connectivity index (χ3v) is 2.45. The molecule has 0 fully saturated rings. The van der Waals surface area contributed by atoms with E-state index in [0.717, 1.165) is 5.56 Å². The highest BCUT2D eigenvalue weighted by Gasteiger charge is 2.32. The third-order valence-electron chi connectivity index (χ3n) is 2.45. The number of primary amides is 1. The Morgan fingerprint density at radius 1 is 1.17 bits per heavy atom. The van der Waals surface area contributed by atoms with Crippen molar-refractivity contribution in [1.82, 2.24) is 5.32 Å². The van der Waals surface area contributed by atoms with Gasteiger partial charge < -0.3 is 11.1 Å². The van der Waals surface area contributed by atoms with E-state index in [0.29, 0.717) is 0 Å². The van der Waals surface area contributed by atoms with Crippen LogP contribution in [0.1, 0.15) is 19.4 Å². The van der Waals surface area contributed by atoms with Crippen LogP contribution in [-0.4, -0.2) is 23.1 Å². The Hall–Kier alpha value is -2.17. The van der Waals surface area contributed by atoms with Gasteiger partial charge in [0.25, 0.3) is 5.91 Å². The third kappa shape index (κ3) is 3.69. The Bertz CT molecular complexity index is 466. The Morgan fingerprint density at radius 2 is 1.72 bits per heavy atom. The second kappa shape index (κ2) is 5.44. The van der Waals surface area contributed by atoms with Gasteiger partial charge in [0.2, 0.25) is 11.7 Å². The van der Waals surface area contributed by atoms with Gasteiger partial charge in [0.05, 0.1) is 6.42 Å². The van der Waals surface area contributed by atoms with E-state index in [9.17, 15) is 14.4 Å². The van der Waals surface area contributed by atoms with Gasteiger partial charge in [-0.25, -0.2) is 0 Å². The number of hydrogen-bond acceptors (Lipinski definition) is 3. The molecular formula is C13H16N2O3. The van der Waals surface area contributed by atoms with Crippen molar-refractivity contribution >= 4 is 17.6 Å². The fourth-order valence-corrected chi connectivity index (χ4v) is 1.54. The molecule has 1 rings (SSSR count). The SMILES string of the molecule is CC(C)(NC(=O)Cc1ccccc1)C(=O)C(N)=O. The van der Waals surface area contributed by atoms with Crippen molar-refractivity contribution in [3.05, 3.63) is 35.9 Å². The van der Waals surface area contributed by atoms with Crippen LogP contribution in [0.5, 0.6) is 0 Å².